The minimum absolute atomic E-state index is 0.0402. The maximum absolute atomic E-state index is 11.9. The van der Waals surface area contributed by atoms with Gasteiger partial charge in [0.15, 0.2) is 0 Å². The van der Waals surface area contributed by atoms with Gasteiger partial charge in [-0.1, -0.05) is 13.8 Å². The molecule has 0 aromatic carbocycles. The van der Waals surface area contributed by atoms with Crippen LogP contribution in [0, 0.1) is 11.8 Å². The second kappa shape index (κ2) is 6.21. The van der Waals surface area contributed by atoms with Gasteiger partial charge in [-0.2, -0.15) is 0 Å². The van der Waals surface area contributed by atoms with E-state index in [1.54, 1.807) is 7.11 Å². The molecular weight excluding hydrogens is 204 g/mol. The number of nitrogens with one attached hydrogen (secondary N) is 1. The summed E-state index contributed by atoms with van der Waals surface area (Å²) in [6, 6.07) is 0.290. The summed E-state index contributed by atoms with van der Waals surface area (Å²) in [5.41, 5.74) is 5.63. The van der Waals surface area contributed by atoms with E-state index in [1.165, 1.54) is 0 Å². The molecule has 94 valence electrons. The zero-order valence-corrected chi connectivity index (χ0v) is 10.5. The lowest BCUT2D eigenvalue weighted by Gasteiger charge is -2.35. The first-order valence-corrected chi connectivity index (χ1v) is 6.10. The van der Waals surface area contributed by atoms with Gasteiger partial charge in [0.05, 0.1) is 12.0 Å². The summed E-state index contributed by atoms with van der Waals surface area (Å²) >= 11 is 0. The molecule has 0 heterocycles. The first-order valence-electron chi connectivity index (χ1n) is 6.10. The van der Waals surface area contributed by atoms with Crippen LogP contribution in [0.1, 0.15) is 33.1 Å². The van der Waals surface area contributed by atoms with Gasteiger partial charge in [0.1, 0.15) is 0 Å². The fraction of sp³-hybridized carbons (Fsp3) is 0.917. The number of ether oxygens (including phenoxy) is 1. The Kier molecular flexibility index (Phi) is 5.22. The standard InChI is InChI=1S/C12H24N2O2/c1-8(2)4-9(7-13)12(15)14-10-5-11(6-10)16-3/h8-11H,4-7,13H2,1-3H3,(H,14,15). The summed E-state index contributed by atoms with van der Waals surface area (Å²) in [5, 5.41) is 3.04. The van der Waals surface area contributed by atoms with E-state index in [0.717, 1.165) is 19.3 Å². The van der Waals surface area contributed by atoms with Gasteiger partial charge in [0.2, 0.25) is 5.91 Å². The molecule has 1 atom stereocenters. The molecule has 0 spiro atoms. The van der Waals surface area contributed by atoms with Gasteiger partial charge >= 0.3 is 0 Å². The molecule has 3 N–H and O–H groups in total. The van der Waals surface area contributed by atoms with Gasteiger partial charge in [-0.15, -0.1) is 0 Å². The molecule has 1 saturated carbocycles. The Balaban J connectivity index is 2.28. The van der Waals surface area contributed by atoms with Crippen LogP contribution in [0.2, 0.25) is 0 Å². The molecule has 1 fully saturated rings. The topological polar surface area (TPSA) is 64.3 Å². The maximum atomic E-state index is 11.9. The van der Waals surface area contributed by atoms with Crippen molar-refractivity contribution >= 4 is 5.91 Å². The highest BCUT2D eigenvalue weighted by Gasteiger charge is 2.31. The molecule has 0 radical (unpaired) electrons. The fourth-order valence-corrected chi connectivity index (χ4v) is 2.07. The number of nitrogens with two attached hydrogens (primary N) is 1. The second-order valence-corrected chi connectivity index (χ2v) is 5.10. The van der Waals surface area contributed by atoms with Crippen LogP contribution >= 0.6 is 0 Å². The highest BCUT2D eigenvalue weighted by Crippen LogP contribution is 2.23. The summed E-state index contributed by atoms with van der Waals surface area (Å²) in [7, 11) is 1.71. The van der Waals surface area contributed by atoms with E-state index in [1.807, 2.05) is 0 Å². The van der Waals surface area contributed by atoms with E-state index in [0.29, 0.717) is 24.6 Å². The van der Waals surface area contributed by atoms with Crippen molar-refractivity contribution in [3.05, 3.63) is 0 Å². The molecule has 1 rings (SSSR count). The molecule has 1 unspecified atom stereocenters. The Morgan fingerprint density at radius 1 is 1.50 bits per heavy atom. The fourth-order valence-electron chi connectivity index (χ4n) is 2.07. The molecule has 0 bridgehead atoms. The Bertz CT molecular complexity index is 225. The van der Waals surface area contributed by atoms with Crippen molar-refractivity contribution in [1.29, 1.82) is 0 Å². The van der Waals surface area contributed by atoms with Crippen LogP contribution in [-0.4, -0.2) is 31.7 Å². The molecule has 0 aromatic rings. The van der Waals surface area contributed by atoms with E-state index >= 15 is 0 Å². The number of amides is 1. The quantitative estimate of drug-likeness (QED) is 0.710. The van der Waals surface area contributed by atoms with Crippen LogP contribution in [-0.2, 0) is 9.53 Å². The first-order chi connectivity index (χ1) is 7.56. The second-order valence-electron chi connectivity index (χ2n) is 5.10. The van der Waals surface area contributed by atoms with Crippen molar-refractivity contribution < 1.29 is 9.53 Å². The van der Waals surface area contributed by atoms with Crippen LogP contribution in [0.3, 0.4) is 0 Å². The molecule has 0 aliphatic heterocycles. The van der Waals surface area contributed by atoms with Crippen molar-refractivity contribution in [3.63, 3.8) is 0 Å². The third-order valence-electron chi connectivity index (χ3n) is 3.19. The number of hydrogen-bond donors (Lipinski definition) is 2. The Morgan fingerprint density at radius 3 is 2.56 bits per heavy atom. The molecule has 0 saturated heterocycles. The monoisotopic (exact) mass is 228 g/mol. The van der Waals surface area contributed by atoms with Crippen molar-refractivity contribution in [2.24, 2.45) is 17.6 Å². The summed E-state index contributed by atoms with van der Waals surface area (Å²) < 4.78 is 5.17. The summed E-state index contributed by atoms with van der Waals surface area (Å²) in [4.78, 5) is 11.9. The molecule has 4 heteroatoms. The molecule has 16 heavy (non-hydrogen) atoms. The largest absolute Gasteiger partial charge is 0.381 e. The Hall–Kier alpha value is -0.610. The average Bonchev–Trinajstić information content (AvgIpc) is 2.18. The molecule has 1 amide bonds. The van der Waals surface area contributed by atoms with Crippen molar-refractivity contribution in [1.82, 2.24) is 5.32 Å². The van der Waals surface area contributed by atoms with Crippen molar-refractivity contribution in [3.8, 4) is 0 Å². The highest BCUT2D eigenvalue weighted by atomic mass is 16.5. The minimum atomic E-state index is -0.0402. The maximum Gasteiger partial charge on any atom is 0.224 e. The third-order valence-corrected chi connectivity index (χ3v) is 3.19. The van der Waals surface area contributed by atoms with Gasteiger partial charge in [-0.3, -0.25) is 4.79 Å². The smallest absolute Gasteiger partial charge is 0.224 e. The Morgan fingerprint density at radius 2 is 2.12 bits per heavy atom. The Labute approximate surface area is 97.9 Å². The zero-order valence-electron chi connectivity index (χ0n) is 10.5. The van der Waals surface area contributed by atoms with Crippen LogP contribution in [0.4, 0.5) is 0 Å². The number of hydrogen-bond acceptors (Lipinski definition) is 3. The predicted molar refractivity (Wildman–Crippen MR) is 64.0 cm³/mol. The van der Waals surface area contributed by atoms with E-state index in [9.17, 15) is 4.79 Å². The molecule has 0 aromatic heterocycles. The number of rotatable bonds is 6. The lowest BCUT2D eigenvalue weighted by atomic mass is 9.88. The summed E-state index contributed by atoms with van der Waals surface area (Å²) in [5.74, 6) is 0.574. The summed E-state index contributed by atoms with van der Waals surface area (Å²) in [6.45, 7) is 4.66. The third kappa shape index (κ3) is 3.76. The number of carbonyl (C=O) groups is 1. The van der Waals surface area contributed by atoms with Crippen LogP contribution in [0.5, 0.6) is 0 Å². The van der Waals surface area contributed by atoms with E-state index in [2.05, 4.69) is 19.2 Å². The SMILES string of the molecule is COC1CC(NC(=O)C(CN)CC(C)C)C1. The molecule has 4 nitrogen and oxygen atoms in total. The van der Waals surface area contributed by atoms with Crippen molar-refractivity contribution in [2.75, 3.05) is 13.7 Å². The van der Waals surface area contributed by atoms with Crippen LogP contribution in [0.25, 0.3) is 0 Å². The van der Waals surface area contributed by atoms with Crippen LogP contribution in [0.15, 0.2) is 0 Å². The molecule has 1 aliphatic rings. The number of methoxy groups -OCH3 is 1. The molecular formula is C12H24N2O2. The van der Waals surface area contributed by atoms with Gasteiger partial charge in [0.25, 0.3) is 0 Å². The summed E-state index contributed by atoms with van der Waals surface area (Å²) in [6.07, 6.45) is 3.05. The van der Waals surface area contributed by atoms with Gasteiger partial charge in [0, 0.05) is 19.7 Å². The van der Waals surface area contributed by atoms with E-state index in [-0.39, 0.29) is 11.8 Å². The van der Waals surface area contributed by atoms with Gasteiger partial charge in [-0.05, 0) is 25.2 Å². The van der Waals surface area contributed by atoms with Gasteiger partial charge in [-0.25, -0.2) is 0 Å². The van der Waals surface area contributed by atoms with Crippen molar-refractivity contribution in [2.45, 2.75) is 45.3 Å². The normalized spacial score (nSPS) is 26.3. The van der Waals surface area contributed by atoms with E-state index < -0.39 is 0 Å². The lowest BCUT2D eigenvalue weighted by molar-refractivity contribution is -0.127. The minimum Gasteiger partial charge on any atom is -0.381 e. The average molecular weight is 228 g/mol. The lowest BCUT2D eigenvalue weighted by Crippen LogP contribution is -2.50. The molecule has 1 aliphatic carbocycles. The zero-order chi connectivity index (χ0) is 12.1. The first kappa shape index (κ1) is 13.5. The van der Waals surface area contributed by atoms with Gasteiger partial charge < -0.3 is 15.8 Å². The van der Waals surface area contributed by atoms with E-state index in [4.69, 9.17) is 10.5 Å². The highest BCUT2D eigenvalue weighted by molar-refractivity contribution is 5.79. The number of carbonyl (C=O) groups excluding carboxylic acids is 1. The van der Waals surface area contributed by atoms with Crippen LogP contribution < -0.4 is 11.1 Å². The predicted octanol–water partition coefficient (Wildman–Crippen LogP) is 0.901.